The number of aromatic nitrogens is 4. The maximum absolute atomic E-state index is 4.57. The zero-order valence-electron chi connectivity index (χ0n) is 10.8. The smallest absolute Gasteiger partial charge is 0.230 e. The Labute approximate surface area is 116 Å². The van der Waals surface area contributed by atoms with Gasteiger partial charge in [0.05, 0.1) is 6.42 Å². The molecule has 100 valence electrons. The van der Waals surface area contributed by atoms with Crippen molar-refractivity contribution in [2.45, 2.75) is 19.3 Å². The molecule has 0 atom stereocenters. The summed E-state index contributed by atoms with van der Waals surface area (Å²) in [5.74, 6) is 2.18. The summed E-state index contributed by atoms with van der Waals surface area (Å²) in [6, 6.07) is 0. The van der Waals surface area contributed by atoms with Crippen molar-refractivity contribution in [3.8, 4) is 0 Å². The summed E-state index contributed by atoms with van der Waals surface area (Å²) < 4.78 is 0. The second-order valence-electron chi connectivity index (χ2n) is 4.42. The van der Waals surface area contributed by atoms with E-state index in [1.807, 2.05) is 18.6 Å². The molecule has 0 saturated carbocycles. The fraction of sp³-hybridized carbons (Fsp3) is 0.500. The highest BCUT2D eigenvalue weighted by Gasteiger charge is 2.17. The van der Waals surface area contributed by atoms with E-state index in [2.05, 4.69) is 30.2 Å². The first-order valence-electron chi connectivity index (χ1n) is 6.41. The Morgan fingerprint density at radius 3 is 2.79 bits per heavy atom. The van der Waals surface area contributed by atoms with Gasteiger partial charge in [-0.05, 0) is 12.8 Å². The standard InChI is InChI=1S/C12H16N6S/c1-13-11-15-9(8-10-14-4-7-19-10)16-12(17-11)18-5-2-3-6-18/h4,7H,2-3,5-6,8H2,1H3,(H,13,15,16,17). The van der Waals surface area contributed by atoms with E-state index in [-0.39, 0.29) is 0 Å². The Morgan fingerprint density at radius 2 is 2.11 bits per heavy atom. The van der Waals surface area contributed by atoms with E-state index in [0.717, 1.165) is 29.9 Å². The summed E-state index contributed by atoms with van der Waals surface area (Å²) >= 11 is 1.62. The largest absolute Gasteiger partial charge is 0.357 e. The number of anilines is 2. The Balaban J connectivity index is 1.88. The summed E-state index contributed by atoms with van der Waals surface area (Å²) in [7, 11) is 1.83. The van der Waals surface area contributed by atoms with Crippen molar-refractivity contribution in [2.24, 2.45) is 0 Å². The van der Waals surface area contributed by atoms with Gasteiger partial charge in [-0.3, -0.25) is 0 Å². The van der Waals surface area contributed by atoms with Crippen LogP contribution < -0.4 is 10.2 Å². The zero-order valence-corrected chi connectivity index (χ0v) is 11.7. The van der Waals surface area contributed by atoms with Crippen LogP contribution in [0.2, 0.25) is 0 Å². The van der Waals surface area contributed by atoms with Gasteiger partial charge in [-0.25, -0.2) is 4.98 Å². The van der Waals surface area contributed by atoms with Crippen molar-refractivity contribution in [1.29, 1.82) is 0 Å². The van der Waals surface area contributed by atoms with Crippen LogP contribution in [-0.4, -0.2) is 40.1 Å². The molecule has 0 bridgehead atoms. The molecule has 6 nitrogen and oxygen atoms in total. The molecule has 1 aliphatic heterocycles. The van der Waals surface area contributed by atoms with Gasteiger partial charge in [0.25, 0.3) is 0 Å². The molecule has 1 saturated heterocycles. The molecule has 0 unspecified atom stereocenters. The quantitative estimate of drug-likeness (QED) is 0.914. The van der Waals surface area contributed by atoms with Crippen molar-refractivity contribution < 1.29 is 0 Å². The van der Waals surface area contributed by atoms with Gasteiger partial charge in [0.15, 0.2) is 0 Å². The minimum atomic E-state index is 0.628. The molecular formula is C12H16N6S. The lowest BCUT2D eigenvalue weighted by atomic mass is 10.4. The van der Waals surface area contributed by atoms with Gasteiger partial charge in [0, 0.05) is 31.7 Å². The van der Waals surface area contributed by atoms with Crippen LogP contribution in [0.25, 0.3) is 0 Å². The first-order chi connectivity index (χ1) is 9.35. The average Bonchev–Trinajstić information content (AvgIpc) is 3.11. The van der Waals surface area contributed by atoms with Crippen LogP contribution in [0.15, 0.2) is 11.6 Å². The lowest BCUT2D eigenvalue weighted by Gasteiger charge is -2.16. The Kier molecular flexibility index (Phi) is 3.54. The lowest BCUT2D eigenvalue weighted by Crippen LogP contribution is -2.22. The molecule has 7 heteroatoms. The van der Waals surface area contributed by atoms with Crippen LogP contribution in [0.1, 0.15) is 23.7 Å². The molecule has 1 fully saturated rings. The summed E-state index contributed by atoms with van der Waals surface area (Å²) in [6.45, 7) is 2.06. The van der Waals surface area contributed by atoms with Crippen molar-refractivity contribution in [3.63, 3.8) is 0 Å². The number of rotatable bonds is 4. The summed E-state index contributed by atoms with van der Waals surface area (Å²) in [6.07, 6.45) is 4.89. The number of thiazole rings is 1. The predicted molar refractivity (Wildman–Crippen MR) is 75.7 cm³/mol. The van der Waals surface area contributed by atoms with Crippen molar-refractivity contribution in [1.82, 2.24) is 19.9 Å². The minimum absolute atomic E-state index is 0.628. The molecule has 3 heterocycles. The highest BCUT2D eigenvalue weighted by atomic mass is 32.1. The fourth-order valence-corrected chi connectivity index (χ4v) is 2.75. The van der Waals surface area contributed by atoms with Crippen molar-refractivity contribution >= 4 is 23.2 Å². The molecule has 1 aliphatic rings. The lowest BCUT2D eigenvalue weighted by molar-refractivity contribution is 0.843. The van der Waals surface area contributed by atoms with Gasteiger partial charge in [0.2, 0.25) is 11.9 Å². The third-order valence-electron chi connectivity index (χ3n) is 3.08. The molecule has 0 aromatic carbocycles. The molecule has 0 spiro atoms. The second-order valence-corrected chi connectivity index (χ2v) is 5.40. The highest BCUT2D eigenvalue weighted by Crippen LogP contribution is 2.18. The van der Waals surface area contributed by atoms with Crippen LogP contribution in [0.3, 0.4) is 0 Å². The average molecular weight is 276 g/mol. The SMILES string of the molecule is CNc1nc(Cc2nccs2)nc(N2CCCC2)n1. The first kappa shape index (κ1) is 12.3. The third kappa shape index (κ3) is 2.81. The number of hydrogen-bond acceptors (Lipinski definition) is 7. The molecule has 2 aromatic heterocycles. The Bertz CT molecular complexity index is 535. The Hall–Kier alpha value is -1.76. The van der Waals surface area contributed by atoms with Crippen molar-refractivity contribution in [3.05, 3.63) is 22.4 Å². The van der Waals surface area contributed by atoms with Crippen LogP contribution in [0.4, 0.5) is 11.9 Å². The predicted octanol–water partition coefficient (Wildman–Crippen LogP) is 1.56. The van der Waals surface area contributed by atoms with Crippen LogP contribution in [0.5, 0.6) is 0 Å². The van der Waals surface area contributed by atoms with E-state index < -0.39 is 0 Å². The van der Waals surface area contributed by atoms with E-state index >= 15 is 0 Å². The monoisotopic (exact) mass is 276 g/mol. The van der Waals surface area contributed by atoms with Gasteiger partial charge < -0.3 is 10.2 Å². The first-order valence-corrected chi connectivity index (χ1v) is 7.29. The fourth-order valence-electron chi connectivity index (χ4n) is 2.13. The Morgan fingerprint density at radius 1 is 1.26 bits per heavy atom. The van der Waals surface area contributed by atoms with Crippen LogP contribution in [-0.2, 0) is 6.42 Å². The van der Waals surface area contributed by atoms with Gasteiger partial charge in [-0.1, -0.05) is 0 Å². The second kappa shape index (κ2) is 5.48. The number of hydrogen-bond donors (Lipinski definition) is 1. The molecule has 1 N–H and O–H groups in total. The molecular weight excluding hydrogens is 260 g/mol. The normalized spacial score (nSPS) is 14.9. The van der Waals surface area contributed by atoms with Crippen LogP contribution in [0, 0.1) is 0 Å². The molecule has 2 aromatic rings. The van der Waals surface area contributed by atoms with E-state index in [4.69, 9.17) is 0 Å². The van der Waals surface area contributed by atoms with Gasteiger partial charge in [0.1, 0.15) is 10.8 Å². The maximum Gasteiger partial charge on any atom is 0.230 e. The third-order valence-corrected chi connectivity index (χ3v) is 3.85. The molecule has 0 amide bonds. The van der Waals surface area contributed by atoms with Gasteiger partial charge >= 0.3 is 0 Å². The molecule has 19 heavy (non-hydrogen) atoms. The topological polar surface area (TPSA) is 66.8 Å². The zero-order chi connectivity index (χ0) is 13.1. The van der Waals surface area contributed by atoms with E-state index in [1.54, 1.807) is 11.3 Å². The van der Waals surface area contributed by atoms with Gasteiger partial charge in [-0.15, -0.1) is 11.3 Å². The highest BCUT2D eigenvalue weighted by molar-refractivity contribution is 7.09. The number of nitrogens with one attached hydrogen (secondary N) is 1. The summed E-state index contributed by atoms with van der Waals surface area (Å²) in [5.41, 5.74) is 0. The molecule has 0 aliphatic carbocycles. The maximum atomic E-state index is 4.57. The minimum Gasteiger partial charge on any atom is -0.357 e. The molecule has 3 rings (SSSR count). The van der Waals surface area contributed by atoms with E-state index in [9.17, 15) is 0 Å². The van der Waals surface area contributed by atoms with Gasteiger partial charge in [-0.2, -0.15) is 15.0 Å². The van der Waals surface area contributed by atoms with E-state index in [1.165, 1.54) is 12.8 Å². The van der Waals surface area contributed by atoms with Crippen molar-refractivity contribution in [2.75, 3.05) is 30.4 Å². The van der Waals surface area contributed by atoms with Crippen LogP contribution >= 0.6 is 11.3 Å². The number of nitrogens with zero attached hydrogens (tertiary/aromatic N) is 5. The summed E-state index contributed by atoms with van der Waals surface area (Å²) in [5, 5.41) is 6.00. The summed E-state index contributed by atoms with van der Waals surface area (Å²) in [4.78, 5) is 19.9. The van der Waals surface area contributed by atoms with E-state index in [0.29, 0.717) is 12.4 Å². The molecule has 0 radical (unpaired) electrons.